The van der Waals surface area contributed by atoms with Crippen molar-refractivity contribution in [1.82, 2.24) is 4.57 Å². The van der Waals surface area contributed by atoms with E-state index in [2.05, 4.69) is 0 Å². The maximum Gasteiger partial charge on any atom is 0.193 e. The molecule has 0 fully saturated rings. The van der Waals surface area contributed by atoms with Gasteiger partial charge in [0.2, 0.25) is 0 Å². The number of fused-ring (bicyclic) bond motifs is 1. The van der Waals surface area contributed by atoms with Gasteiger partial charge < -0.3 is 18.8 Å². The number of aryl methyl sites for hydroxylation is 1. The highest BCUT2D eigenvalue weighted by molar-refractivity contribution is 5.99. The zero-order valence-electron chi connectivity index (χ0n) is 12.6. The van der Waals surface area contributed by atoms with Gasteiger partial charge in [-0.25, -0.2) is 0 Å². The summed E-state index contributed by atoms with van der Waals surface area (Å²) in [5, 5.41) is 0. The Kier molecular flexibility index (Phi) is 4.30. The highest BCUT2D eigenvalue weighted by atomic mass is 16.7. The minimum Gasteiger partial charge on any atom is -0.494 e. The largest absolute Gasteiger partial charge is 0.494 e. The standard InChI is InChI=1S/C15H21NO4/c1-6-10-7-16(8-11(18-3)19-4)13-12(14(10)17)9(2)15(13)20-5/h7,11H,6,8H2,1-5H3. The van der Waals surface area contributed by atoms with Crippen LogP contribution in [0.4, 0.5) is 0 Å². The molecule has 5 heteroatoms. The Morgan fingerprint density at radius 3 is 2.40 bits per heavy atom. The van der Waals surface area contributed by atoms with Gasteiger partial charge in [-0.3, -0.25) is 4.79 Å². The fraction of sp³-hybridized carbons (Fsp3) is 0.533. The summed E-state index contributed by atoms with van der Waals surface area (Å²) >= 11 is 0. The molecule has 0 saturated carbocycles. The van der Waals surface area contributed by atoms with E-state index >= 15 is 0 Å². The molecule has 0 saturated heterocycles. The second-order valence-corrected chi connectivity index (χ2v) is 4.77. The van der Waals surface area contributed by atoms with Gasteiger partial charge in [0.15, 0.2) is 11.7 Å². The summed E-state index contributed by atoms with van der Waals surface area (Å²) in [6, 6.07) is 0. The molecule has 0 N–H and O–H groups in total. The molecule has 0 bridgehead atoms. The van der Waals surface area contributed by atoms with Crippen LogP contribution in [0.25, 0.3) is 11.3 Å². The second-order valence-electron chi connectivity index (χ2n) is 4.77. The van der Waals surface area contributed by atoms with Crippen LogP contribution in [-0.2, 0) is 27.2 Å². The molecule has 20 heavy (non-hydrogen) atoms. The van der Waals surface area contributed by atoms with Gasteiger partial charge in [0.25, 0.3) is 0 Å². The second kappa shape index (κ2) is 5.81. The number of aromatic nitrogens is 1. The first kappa shape index (κ1) is 14.8. The third kappa shape index (κ3) is 2.17. The van der Waals surface area contributed by atoms with E-state index in [-0.39, 0.29) is 11.7 Å². The summed E-state index contributed by atoms with van der Waals surface area (Å²) in [4.78, 5) is 12.4. The van der Waals surface area contributed by atoms with Gasteiger partial charge in [-0.05, 0) is 13.3 Å². The third-order valence-corrected chi connectivity index (χ3v) is 3.74. The van der Waals surface area contributed by atoms with Gasteiger partial charge in [0.05, 0.1) is 24.9 Å². The van der Waals surface area contributed by atoms with E-state index in [1.54, 1.807) is 21.3 Å². The van der Waals surface area contributed by atoms with E-state index < -0.39 is 0 Å². The van der Waals surface area contributed by atoms with E-state index in [9.17, 15) is 4.79 Å². The van der Waals surface area contributed by atoms with Crippen LogP contribution in [0.2, 0.25) is 0 Å². The molecule has 2 rings (SSSR count). The summed E-state index contributed by atoms with van der Waals surface area (Å²) in [6.45, 7) is 4.41. The third-order valence-electron chi connectivity index (χ3n) is 3.74. The lowest BCUT2D eigenvalue weighted by Gasteiger charge is -2.29. The smallest absolute Gasteiger partial charge is 0.193 e. The molecule has 110 valence electrons. The van der Waals surface area contributed by atoms with Crippen LogP contribution in [0, 0.1) is 0 Å². The first-order chi connectivity index (χ1) is 9.58. The molecule has 0 amide bonds. The van der Waals surface area contributed by atoms with Crippen LogP contribution in [-0.4, -0.2) is 32.2 Å². The van der Waals surface area contributed by atoms with E-state index in [1.807, 2.05) is 24.6 Å². The summed E-state index contributed by atoms with van der Waals surface area (Å²) in [5.74, 6) is 0.769. The average molecular weight is 279 g/mol. The first-order valence-electron chi connectivity index (χ1n) is 6.66. The molecule has 1 aromatic heterocycles. The number of hydrogen-bond donors (Lipinski definition) is 0. The molecule has 5 nitrogen and oxygen atoms in total. The van der Waals surface area contributed by atoms with Crippen LogP contribution in [0.5, 0.6) is 0 Å². The lowest BCUT2D eigenvalue weighted by atomic mass is 9.89. The molecule has 0 aromatic carbocycles. The predicted molar refractivity (Wildman–Crippen MR) is 77.4 cm³/mol. The Bertz CT molecular complexity index is 597. The summed E-state index contributed by atoms with van der Waals surface area (Å²) in [6.07, 6.45) is 2.22. The van der Waals surface area contributed by atoms with Gasteiger partial charge in [-0.1, -0.05) is 6.92 Å². The molecular formula is C15H21NO4. The zero-order chi connectivity index (χ0) is 14.9. The SMILES string of the molecule is CCc1cn(CC(OC)OC)c2c(c1=O)C(C)=C2OC. The molecule has 1 heterocycles. The predicted octanol–water partition coefficient (Wildman–Crippen LogP) is 1.88. The van der Waals surface area contributed by atoms with Crippen LogP contribution in [0.3, 0.4) is 0 Å². The van der Waals surface area contributed by atoms with E-state index in [1.165, 1.54) is 0 Å². The number of hydrogen-bond acceptors (Lipinski definition) is 4. The summed E-state index contributed by atoms with van der Waals surface area (Å²) in [7, 11) is 4.82. The Morgan fingerprint density at radius 1 is 1.25 bits per heavy atom. The number of methoxy groups -OCH3 is 3. The molecule has 0 unspecified atom stereocenters. The van der Waals surface area contributed by atoms with Crippen molar-refractivity contribution in [3.8, 4) is 0 Å². The quantitative estimate of drug-likeness (QED) is 0.746. The number of nitrogens with zero attached hydrogens (tertiary/aromatic N) is 1. The monoisotopic (exact) mass is 279 g/mol. The molecule has 1 aliphatic rings. The van der Waals surface area contributed by atoms with E-state index in [0.717, 1.165) is 28.2 Å². The highest BCUT2D eigenvalue weighted by Crippen LogP contribution is 2.38. The molecule has 0 atom stereocenters. The van der Waals surface area contributed by atoms with E-state index in [0.29, 0.717) is 13.0 Å². The molecule has 0 spiro atoms. The van der Waals surface area contributed by atoms with Crippen molar-refractivity contribution in [1.29, 1.82) is 0 Å². The number of rotatable bonds is 6. The first-order valence-corrected chi connectivity index (χ1v) is 6.66. The molecule has 0 aliphatic heterocycles. The van der Waals surface area contributed by atoms with Crippen molar-refractivity contribution >= 4 is 11.3 Å². The minimum absolute atomic E-state index is 0.100. The Balaban J connectivity index is 2.52. The zero-order valence-corrected chi connectivity index (χ0v) is 12.6. The maximum atomic E-state index is 12.4. The Hall–Kier alpha value is -1.59. The van der Waals surface area contributed by atoms with Gasteiger partial charge in [-0.15, -0.1) is 0 Å². The number of ether oxygens (including phenoxy) is 3. The van der Waals surface area contributed by atoms with Gasteiger partial charge in [0.1, 0.15) is 5.76 Å². The van der Waals surface area contributed by atoms with Crippen LogP contribution < -0.4 is 5.43 Å². The lowest BCUT2D eigenvalue weighted by Crippen LogP contribution is -2.31. The molecule has 1 aliphatic carbocycles. The lowest BCUT2D eigenvalue weighted by molar-refractivity contribution is -0.111. The van der Waals surface area contributed by atoms with Crippen molar-refractivity contribution in [2.24, 2.45) is 0 Å². The highest BCUT2D eigenvalue weighted by Gasteiger charge is 2.31. The van der Waals surface area contributed by atoms with Crippen molar-refractivity contribution < 1.29 is 14.2 Å². The molecule has 0 radical (unpaired) electrons. The fourth-order valence-electron chi connectivity index (χ4n) is 2.59. The minimum atomic E-state index is -0.356. The van der Waals surface area contributed by atoms with Gasteiger partial charge in [0, 0.05) is 31.6 Å². The average Bonchev–Trinajstić information content (AvgIpc) is 2.45. The number of allylic oxidation sites excluding steroid dienone is 1. The van der Waals surface area contributed by atoms with Gasteiger partial charge in [-0.2, -0.15) is 0 Å². The topological polar surface area (TPSA) is 49.7 Å². The summed E-state index contributed by atoms with van der Waals surface area (Å²) < 4.78 is 17.9. The van der Waals surface area contributed by atoms with Crippen LogP contribution >= 0.6 is 0 Å². The van der Waals surface area contributed by atoms with Crippen LogP contribution in [0.1, 0.15) is 30.7 Å². The summed E-state index contributed by atoms with van der Waals surface area (Å²) in [5.41, 5.74) is 3.41. The normalized spacial score (nSPS) is 13.5. The molecular weight excluding hydrogens is 258 g/mol. The van der Waals surface area contributed by atoms with E-state index in [4.69, 9.17) is 14.2 Å². The fourth-order valence-corrected chi connectivity index (χ4v) is 2.59. The van der Waals surface area contributed by atoms with Crippen molar-refractivity contribution in [3.05, 3.63) is 33.2 Å². The van der Waals surface area contributed by atoms with Crippen molar-refractivity contribution in [3.63, 3.8) is 0 Å². The van der Waals surface area contributed by atoms with Gasteiger partial charge >= 0.3 is 0 Å². The Labute approximate surface area is 118 Å². The van der Waals surface area contributed by atoms with Crippen molar-refractivity contribution in [2.45, 2.75) is 33.1 Å². The van der Waals surface area contributed by atoms with Crippen LogP contribution in [0.15, 0.2) is 11.0 Å². The number of pyridine rings is 1. The Morgan fingerprint density at radius 2 is 1.90 bits per heavy atom. The maximum absolute atomic E-state index is 12.4. The molecule has 1 aromatic rings. The van der Waals surface area contributed by atoms with Crippen molar-refractivity contribution in [2.75, 3.05) is 21.3 Å².